The fourth-order valence-corrected chi connectivity index (χ4v) is 4.34. The Morgan fingerprint density at radius 1 is 1.37 bits per heavy atom. The molecule has 1 amide bonds. The Labute approximate surface area is 160 Å². The number of aliphatic hydroxyl groups excluding tert-OH is 1. The van der Waals surface area contributed by atoms with E-state index in [4.69, 9.17) is 0 Å². The second-order valence-corrected chi connectivity index (χ2v) is 8.09. The number of imidazole rings is 1. The number of benzene rings is 1. The Bertz CT molecular complexity index is 831. The van der Waals surface area contributed by atoms with Gasteiger partial charge in [-0.2, -0.15) is 0 Å². The quantitative estimate of drug-likeness (QED) is 0.870. The van der Waals surface area contributed by atoms with Crippen LogP contribution in [0.2, 0.25) is 0 Å². The summed E-state index contributed by atoms with van der Waals surface area (Å²) in [7, 11) is 0. The molecule has 144 valence electrons. The third kappa shape index (κ3) is 4.06. The molecule has 1 aromatic carbocycles. The van der Waals surface area contributed by atoms with Crippen molar-refractivity contribution >= 4 is 11.6 Å². The van der Waals surface area contributed by atoms with Gasteiger partial charge in [0.25, 0.3) is 0 Å². The van der Waals surface area contributed by atoms with Crippen LogP contribution in [0.1, 0.15) is 42.8 Å². The molecule has 1 unspecified atom stereocenters. The van der Waals surface area contributed by atoms with Gasteiger partial charge >= 0.3 is 0 Å². The summed E-state index contributed by atoms with van der Waals surface area (Å²) in [5.41, 5.74) is 3.02. The summed E-state index contributed by atoms with van der Waals surface area (Å²) in [5.74, 6) is 1.41. The Morgan fingerprint density at radius 2 is 2.22 bits per heavy atom. The number of likely N-dealkylation sites (tertiary alicyclic amines) is 1. The van der Waals surface area contributed by atoms with Crippen LogP contribution in [0.25, 0.3) is 0 Å². The van der Waals surface area contributed by atoms with E-state index in [2.05, 4.69) is 32.8 Å². The molecule has 6 heteroatoms. The number of fused-ring (bicyclic) bond motifs is 1. The summed E-state index contributed by atoms with van der Waals surface area (Å²) in [4.78, 5) is 19.7. The standard InChI is InChI=1S/C21H28N4O2/c1-14-8-17(12-25-10-15(2)22-20(14)25)21(27)23-18-5-3-4-16(9-18)11-24-7-6-19(26)13-24/h3-5,9-10,14,17,19,26H,6-8,11-13H2,1-2H3,(H,23,27)/t14-,17+,19?/m1/s1. The lowest BCUT2D eigenvalue weighted by molar-refractivity contribution is -0.121. The summed E-state index contributed by atoms with van der Waals surface area (Å²) >= 11 is 0. The Kier molecular flexibility index (Phi) is 5.02. The number of amides is 1. The fraction of sp³-hybridized carbons (Fsp3) is 0.524. The first-order valence-corrected chi connectivity index (χ1v) is 9.82. The number of carbonyl (C=O) groups is 1. The number of β-amino-alcohol motifs (C(OH)–C–C–N with tert-alkyl or cyclic N) is 1. The predicted molar refractivity (Wildman–Crippen MR) is 104 cm³/mol. The molecule has 0 spiro atoms. The van der Waals surface area contributed by atoms with E-state index < -0.39 is 0 Å². The van der Waals surface area contributed by atoms with Gasteiger partial charge in [0.2, 0.25) is 5.91 Å². The molecule has 2 aromatic rings. The van der Waals surface area contributed by atoms with Crippen LogP contribution in [0.15, 0.2) is 30.5 Å². The molecule has 3 atom stereocenters. The zero-order valence-corrected chi connectivity index (χ0v) is 16.1. The lowest BCUT2D eigenvalue weighted by Gasteiger charge is -2.27. The van der Waals surface area contributed by atoms with E-state index in [0.29, 0.717) is 6.54 Å². The first-order chi connectivity index (χ1) is 13.0. The van der Waals surface area contributed by atoms with Crippen molar-refractivity contribution in [3.8, 4) is 0 Å². The van der Waals surface area contributed by atoms with Crippen molar-refractivity contribution in [3.63, 3.8) is 0 Å². The van der Waals surface area contributed by atoms with Crippen molar-refractivity contribution in [1.82, 2.24) is 14.5 Å². The van der Waals surface area contributed by atoms with Gasteiger partial charge in [0.1, 0.15) is 5.82 Å². The Morgan fingerprint density at radius 3 is 3.00 bits per heavy atom. The van der Waals surface area contributed by atoms with Crippen LogP contribution in [0.3, 0.4) is 0 Å². The number of nitrogens with zero attached hydrogens (tertiary/aromatic N) is 3. The van der Waals surface area contributed by atoms with Gasteiger partial charge in [-0.3, -0.25) is 9.69 Å². The Balaban J connectivity index is 1.40. The van der Waals surface area contributed by atoms with E-state index in [-0.39, 0.29) is 23.8 Å². The first-order valence-electron chi connectivity index (χ1n) is 9.82. The number of nitrogens with one attached hydrogen (secondary N) is 1. The van der Waals surface area contributed by atoms with Crippen molar-refractivity contribution < 1.29 is 9.90 Å². The van der Waals surface area contributed by atoms with Crippen molar-refractivity contribution in [2.45, 2.75) is 51.8 Å². The van der Waals surface area contributed by atoms with Gasteiger partial charge in [-0.25, -0.2) is 4.98 Å². The number of carbonyl (C=O) groups excluding carboxylic acids is 1. The number of aromatic nitrogens is 2. The number of hydrogen-bond acceptors (Lipinski definition) is 4. The Hall–Kier alpha value is -2.18. The van der Waals surface area contributed by atoms with Gasteiger partial charge in [0, 0.05) is 44.0 Å². The molecule has 6 nitrogen and oxygen atoms in total. The van der Waals surface area contributed by atoms with Crippen molar-refractivity contribution in [2.75, 3.05) is 18.4 Å². The molecule has 0 bridgehead atoms. The molecule has 0 aliphatic carbocycles. The van der Waals surface area contributed by atoms with Crippen LogP contribution < -0.4 is 5.32 Å². The van der Waals surface area contributed by atoms with E-state index >= 15 is 0 Å². The molecule has 3 heterocycles. The molecule has 2 aliphatic rings. The molecule has 1 fully saturated rings. The van der Waals surface area contributed by atoms with Gasteiger partial charge in [-0.05, 0) is 37.5 Å². The van der Waals surface area contributed by atoms with Crippen LogP contribution >= 0.6 is 0 Å². The van der Waals surface area contributed by atoms with E-state index in [1.54, 1.807) is 0 Å². The highest BCUT2D eigenvalue weighted by Crippen LogP contribution is 2.30. The maximum absolute atomic E-state index is 12.8. The molecular formula is C21H28N4O2. The SMILES string of the molecule is Cc1cn2c(n1)[C@H](C)C[C@H](C(=O)Nc1cccc(CN3CCC(O)C3)c1)C2. The van der Waals surface area contributed by atoms with Crippen molar-refractivity contribution in [3.05, 3.63) is 47.5 Å². The molecule has 0 saturated carbocycles. The average molecular weight is 368 g/mol. The molecule has 1 aromatic heterocycles. The predicted octanol–water partition coefficient (Wildman–Crippen LogP) is 2.52. The third-order valence-electron chi connectivity index (χ3n) is 5.64. The van der Waals surface area contributed by atoms with Gasteiger partial charge in [-0.1, -0.05) is 19.1 Å². The second-order valence-electron chi connectivity index (χ2n) is 8.09. The summed E-state index contributed by atoms with van der Waals surface area (Å²) in [6.07, 6.45) is 3.49. The lowest BCUT2D eigenvalue weighted by atomic mass is 9.90. The first kappa shape index (κ1) is 18.2. The number of aryl methyl sites for hydroxylation is 1. The van der Waals surface area contributed by atoms with Crippen LogP contribution in [-0.4, -0.2) is 44.7 Å². The van der Waals surface area contributed by atoms with Crippen LogP contribution in [0, 0.1) is 12.8 Å². The van der Waals surface area contributed by atoms with Gasteiger partial charge < -0.3 is 15.0 Å². The largest absolute Gasteiger partial charge is 0.392 e. The molecule has 1 saturated heterocycles. The highest BCUT2D eigenvalue weighted by Gasteiger charge is 2.30. The fourth-order valence-electron chi connectivity index (χ4n) is 4.34. The molecule has 0 radical (unpaired) electrons. The summed E-state index contributed by atoms with van der Waals surface area (Å²) < 4.78 is 2.13. The van der Waals surface area contributed by atoms with Crippen molar-refractivity contribution in [2.24, 2.45) is 5.92 Å². The van der Waals surface area contributed by atoms with Crippen LogP contribution in [-0.2, 0) is 17.9 Å². The number of anilines is 1. The van der Waals surface area contributed by atoms with Gasteiger partial charge in [0.05, 0.1) is 17.7 Å². The molecule has 27 heavy (non-hydrogen) atoms. The zero-order valence-electron chi connectivity index (χ0n) is 16.1. The highest BCUT2D eigenvalue weighted by molar-refractivity contribution is 5.92. The summed E-state index contributed by atoms with van der Waals surface area (Å²) in [6.45, 7) is 7.28. The molecule has 2 N–H and O–H groups in total. The normalized spacial score (nSPS) is 25.4. The lowest BCUT2D eigenvalue weighted by Crippen LogP contribution is -2.32. The van der Waals surface area contributed by atoms with Gasteiger partial charge in [0.15, 0.2) is 0 Å². The number of rotatable bonds is 4. The maximum atomic E-state index is 12.8. The zero-order chi connectivity index (χ0) is 19.0. The smallest absolute Gasteiger partial charge is 0.229 e. The topological polar surface area (TPSA) is 70.4 Å². The average Bonchev–Trinajstić information content (AvgIpc) is 3.20. The molecule has 4 rings (SSSR count). The maximum Gasteiger partial charge on any atom is 0.229 e. The monoisotopic (exact) mass is 368 g/mol. The second kappa shape index (κ2) is 7.44. The third-order valence-corrected chi connectivity index (χ3v) is 5.64. The minimum Gasteiger partial charge on any atom is -0.392 e. The number of aliphatic hydroxyl groups is 1. The number of hydrogen-bond donors (Lipinski definition) is 2. The summed E-state index contributed by atoms with van der Waals surface area (Å²) in [6, 6.07) is 8.04. The molecule has 2 aliphatic heterocycles. The summed E-state index contributed by atoms with van der Waals surface area (Å²) in [5, 5.41) is 12.8. The van der Waals surface area contributed by atoms with E-state index in [0.717, 1.165) is 55.2 Å². The van der Waals surface area contributed by atoms with E-state index in [9.17, 15) is 9.90 Å². The van der Waals surface area contributed by atoms with Crippen molar-refractivity contribution in [1.29, 1.82) is 0 Å². The minimum atomic E-state index is -0.210. The van der Waals surface area contributed by atoms with Crippen LogP contribution in [0.4, 0.5) is 5.69 Å². The molecular weight excluding hydrogens is 340 g/mol. The minimum absolute atomic E-state index is 0.0431. The van der Waals surface area contributed by atoms with Gasteiger partial charge in [-0.15, -0.1) is 0 Å². The van der Waals surface area contributed by atoms with E-state index in [1.807, 2.05) is 31.3 Å². The highest BCUT2D eigenvalue weighted by atomic mass is 16.3. The van der Waals surface area contributed by atoms with E-state index in [1.165, 1.54) is 0 Å². The van der Waals surface area contributed by atoms with Crippen LogP contribution in [0.5, 0.6) is 0 Å².